The molecule has 6 rings (SSSR count). The average Bonchev–Trinajstić information content (AvgIpc) is 3.48. The van der Waals surface area contributed by atoms with Gasteiger partial charge in [0.25, 0.3) is 0 Å². The third-order valence-corrected chi connectivity index (χ3v) is 12.3. The van der Waals surface area contributed by atoms with Crippen LogP contribution in [0.2, 0.25) is 0 Å². The van der Waals surface area contributed by atoms with Crippen LogP contribution in [0.1, 0.15) is 114 Å². The number of phenols is 1. The number of benzene rings is 2. The minimum Gasteiger partial charge on any atom is -0.507 e. The third-order valence-electron chi connectivity index (χ3n) is 12.3. The van der Waals surface area contributed by atoms with Crippen molar-refractivity contribution in [1.29, 1.82) is 0 Å². The van der Waals surface area contributed by atoms with Crippen molar-refractivity contribution in [2.45, 2.75) is 105 Å². The zero-order valence-corrected chi connectivity index (χ0v) is 28.7. The van der Waals surface area contributed by atoms with Gasteiger partial charge in [-0.05, 0) is 77.7 Å². The van der Waals surface area contributed by atoms with Gasteiger partial charge in [0.2, 0.25) is 0 Å². The summed E-state index contributed by atoms with van der Waals surface area (Å²) in [7, 11) is 0. The highest BCUT2D eigenvalue weighted by Gasteiger charge is 2.76. The first kappa shape index (κ1) is 33.5. The molecule has 2 N–H and O–H groups in total. The summed E-state index contributed by atoms with van der Waals surface area (Å²) in [6, 6.07) is 10.0. The minimum absolute atomic E-state index is 0.0120. The molecule has 0 spiro atoms. The smallest absolute Gasteiger partial charge is 0.190 e. The Hall–Kier alpha value is -3.45. The Bertz CT molecular complexity index is 1690. The van der Waals surface area contributed by atoms with Crippen molar-refractivity contribution < 1.29 is 34.2 Å². The quantitative estimate of drug-likeness (QED) is 0.340. The van der Waals surface area contributed by atoms with Crippen LogP contribution >= 0.6 is 0 Å². The number of fused-ring (bicyclic) bond motifs is 3. The number of aliphatic hydroxyl groups is 1. The van der Waals surface area contributed by atoms with E-state index in [0.29, 0.717) is 17.0 Å². The van der Waals surface area contributed by atoms with E-state index in [9.17, 15) is 34.2 Å². The topological polar surface area (TPSA) is 126 Å². The lowest BCUT2D eigenvalue weighted by Gasteiger charge is -2.62. The van der Waals surface area contributed by atoms with E-state index in [-0.39, 0.29) is 36.0 Å². The molecule has 0 aliphatic heterocycles. The maximum atomic E-state index is 14.7. The summed E-state index contributed by atoms with van der Waals surface area (Å²) in [4.78, 5) is 69.7. The lowest BCUT2D eigenvalue weighted by atomic mass is 9.39. The number of hydrogen-bond acceptors (Lipinski definition) is 7. The Morgan fingerprint density at radius 3 is 2.13 bits per heavy atom. The first-order valence-electron chi connectivity index (χ1n) is 17.3. The first-order chi connectivity index (χ1) is 22.0. The standard InChI is InChI=1S/C40H48O7/c1-20(2)26-17-27(25-14-12-24(13-15-25)16-23-10-8-9-11-23)33(42)30-28(26)18-38(6)19-39(7)31(21(3)4)34(43)29(22(5)41)36(45)40(39,47)37(46)32(38)35(30)44/h12-15,17,20-21,23,29,31-32,42,47H,8-11,16,18-19H2,1-7H3/t29?,31?,32?,38-,39-,40+/m1/s1. The van der Waals surface area contributed by atoms with Crippen LogP contribution in [-0.2, 0) is 32.0 Å². The minimum atomic E-state index is -2.70. The lowest BCUT2D eigenvalue weighted by molar-refractivity contribution is -0.205. The van der Waals surface area contributed by atoms with E-state index < -0.39 is 63.1 Å². The summed E-state index contributed by atoms with van der Waals surface area (Å²) in [5.74, 6) is -8.06. The summed E-state index contributed by atoms with van der Waals surface area (Å²) >= 11 is 0. The molecule has 4 aliphatic rings. The summed E-state index contributed by atoms with van der Waals surface area (Å²) < 4.78 is 0. The second-order valence-corrected chi connectivity index (χ2v) is 16.3. The van der Waals surface area contributed by atoms with Crippen LogP contribution in [0, 0.1) is 40.4 Å². The van der Waals surface area contributed by atoms with E-state index >= 15 is 0 Å². The van der Waals surface area contributed by atoms with Gasteiger partial charge in [0, 0.05) is 16.9 Å². The highest BCUT2D eigenvalue weighted by Crippen LogP contribution is 2.64. The van der Waals surface area contributed by atoms with Gasteiger partial charge in [0.1, 0.15) is 17.5 Å². The number of aromatic hydroxyl groups is 1. The zero-order chi connectivity index (χ0) is 34.4. The van der Waals surface area contributed by atoms with E-state index in [2.05, 4.69) is 12.1 Å². The fourth-order valence-electron chi connectivity index (χ4n) is 10.3. The molecule has 3 saturated carbocycles. The second-order valence-electron chi connectivity index (χ2n) is 16.3. The number of carbonyl (C=O) groups excluding carboxylic acids is 5. The highest BCUT2D eigenvalue weighted by molar-refractivity contribution is 6.32. The first-order valence-corrected chi connectivity index (χ1v) is 17.3. The summed E-state index contributed by atoms with van der Waals surface area (Å²) in [6.07, 6.45) is 6.36. The molecule has 2 aromatic carbocycles. The molecule has 0 radical (unpaired) electrons. The van der Waals surface area contributed by atoms with Gasteiger partial charge < -0.3 is 10.2 Å². The van der Waals surface area contributed by atoms with Crippen molar-refractivity contribution >= 4 is 28.9 Å². The summed E-state index contributed by atoms with van der Waals surface area (Å²) in [5, 5.41) is 24.2. The van der Waals surface area contributed by atoms with Gasteiger partial charge in [-0.25, -0.2) is 0 Å². The molecule has 250 valence electrons. The van der Waals surface area contributed by atoms with Crippen molar-refractivity contribution in [3.8, 4) is 16.9 Å². The maximum absolute atomic E-state index is 14.7. The molecule has 0 aromatic heterocycles. The summed E-state index contributed by atoms with van der Waals surface area (Å²) in [6.45, 7) is 12.2. The van der Waals surface area contributed by atoms with Crippen LogP contribution in [0.25, 0.3) is 11.1 Å². The van der Waals surface area contributed by atoms with Gasteiger partial charge in [-0.15, -0.1) is 0 Å². The Balaban J connectivity index is 1.48. The van der Waals surface area contributed by atoms with Gasteiger partial charge in [0.05, 0.1) is 11.5 Å². The van der Waals surface area contributed by atoms with Crippen LogP contribution in [0.4, 0.5) is 0 Å². The van der Waals surface area contributed by atoms with Crippen molar-refractivity contribution in [2.75, 3.05) is 0 Å². The van der Waals surface area contributed by atoms with E-state index in [1.54, 1.807) is 20.8 Å². The van der Waals surface area contributed by atoms with Crippen molar-refractivity contribution in [1.82, 2.24) is 0 Å². The molecule has 7 nitrogen and oxygen atoms in total. The number of rotatable bonds is 6. The molecule has 47 heavy (non-hydrogen) atoms. The van der Waals surface area contributed by atoms with Gasteiger partial charge >= 0.3 is 0 Å². The van der Waals surface area contributed by atoms with Crippen molar-refractivity contribution in [2.24, 2.45) is 40.4 Å². The molecular weight excluding hydrogens is 592 g/mol. The SMILES string of the molecule is CC(=O)C1C(=O)C(C(C)C)[C@@]2(C)C[C@@]3(C)Cc4c(C(C)C)cc(-c5ccc(CC6CCCC6)cc5)c(O)c4C(=O)C3C(=O)[C@@]2(O)C1=O. The monoisotopic (exact) mass is 640 g/mol. The number of Topliss-reactive ketones (excluding diaryl/α,β-unsaturated/α-hetero) is 5. The fourth-order valence-corrected chi connectivity index (χ4v) is 10.3. The molecular formula is C40H48O7. The predicted molar refractivity (Wildman–Crippen MR) is 178 cm³/mol. The molecule has 2 aromatic rings. The van der Waals surface area contributed by atoms with Crippen molar-refractivity contribution in [3.63, 3.8) is 0 Å². The molecule has 0 heterocycles. The van der Waals surface area contributed by atoms with Gasteiger partial charge in [0.15, 0.2) is 28.7 Å². The molecule has 0 bridgehead atoms. The van der Waals surface area contributed by atoms with Gasteiger partial charge in [-0.3, -0.25) is 24.0 Å². The predicted octanol–water partition coefficient (Wildman–Crippen LogP) is 6.62. The number of carbonyl (C=O) groups is 5. The zero-order valence-electron chi connectivity index (χ0n) is 28.7. The molecule has 7 heteroatoms. The number of hydrogen-bond donors (Lipinski definition) is 2. The van der Waals surface area contributed by atoms with Gasteiger partial charge in [-0.2, -0.15) is 0 Å². The maximum Gasteiger partial charge on any atom is 0.190 e. The van der Waals surface area contributed by atoms with Crippen LogP contribution in [0.5, 0.6) is 5.75 Å². The van der Waals surface area contributed by atoms with E-state index in [1.165, 1.54) is 31.2 Å². The van der Waals surface area contributed by atoms with Crippen LogP contribution < -0.4 is 0 Å². The van der Waals surface area contributed by atoms with Crippen LogP contribution in [-0.4, -0.2) is 44.7 Å². The average molecular weight is 641 g/mol. The Labute approximate surface area is 277 Å². The summed E-state index contributed by atoms with van der Waals surface area (Å²) in [5.41, 5.74) is -1.16. The molecule has 4 aliphatic carbocycles. The lowest BCUT2D eigenvalue weighted by Crippen LogP contribution is -2.76. The Morgan fingerprint density at radius 2 is 1.57 bits per heavy atom. The number of ketones is 5. The Morgan fingerprint density at radius 1 is 0.957 bits per heavy atom. The molecule has 3 unspecified atom stereocenters. The second kappa shape index (κ2) is 11.3. The number of phenolic OH excluding ortho intramolecular Hbond substituents is 1. The molecule has 0 saturated heterocycles. The van der Waals surface area contributed by atoms with Crippen molar-refractivity contribution in [3.05, 3.63) is 52.6 Å². The van der Waals surface area contributed by atoms with E-state index in [1.807, 2.05) is 39.0 Å². The van der Waals surface area contributed by atoms with E-state index in [4.69, 9.17) is 0 Å². The van der Waals surface area contributed by atoms with Crippen LogP contribution in [0.3, 0.4) is 0 Å². The fraction of sp³-hybridized carbons (Fsp3) is 0.575. The molecule has 0 amide bonds. The molecule has 3 fully saturated rings. The van der Waals surface area contributed by atoms with Gasteiger partial charge in [-0.1, -0.05) is 91.5 Å². The van der Waals surface area contributed by atoms with Crippen LogP contribution in [0.15, 0.2) is 30.3 Å². The highest BCUT2D eigenvalue weighted by atomic mass is 16.3. The third kappa shape index (κ3) is 4.74. The normalized spacial score (nSPS) is 32.5. The molecule has 6 atom stereocenters. The Kier molecular flexibility index (Phi) is 8.06. The van der Waals surface area contributed by atoms with E-state index in [0.717, 1.165) is 24.5 Å². The largest absolute Gasteiger partial charge is 0.507 e.